The monoisotopic (exact) mass is 366 g/mol. The Balaban J connectivity index is 2.60. The number of carbonyl (C=O) groups excluding carboxylic acids is 2. The van der Waals surface area contributed by atoms with Crippen LogP contribution in [0.3, 0.4) is 0 Å². The van der Waals surface area contributed by atoms with E-state index < -0.39 is 35.8 Å². The van der Waals surface area contributed by atoms with Crippen LogP contribution in [0.1, 0.15) is 43.9 Å². The Morgan fingerprint density at radius 2 is 2.00 bits per heavy atom. The highest BCUT2D eigenvalue weighted by atomic mass is 32.1. The van der Waals surface area contributed by atoms with Gasteiger partial charge in [-0.3, -0.25) is 9.59 Å². The van der Waals surface area contributed by atoms with E-state index in [4.69, 9.17) is 5.73 Å². The standard InChI is InChI=1S/C14H21F3N4O2S/c1-4-8(13-21-9(6-24-13)14(15,16)17)20-10(22)5-19-12(23)11(18)7(2)3/h6-8,11H,4-5,18H2,1-3H3,(H,19,23)(H,20,22)/t8?,11-/m0/s1. The molecule has 0 fully saturated rings. The Bertz CT molecular complexity index is 575. The highest BCUT2D eigenvalue weighted by molar-refractivity contribution is 7.09. The fourth-order valence-electron chi connectivity index (χ4n) is 1.75. The van der Waals surface area contributed by atoms with Crippen molar-refractivity contribution in [2.24, 2.45) is 11.7 Å². The lowest BCUT2D eigenvalue weighted by atomic mass is 10.1. The lowest BCUT2D eigenvalue weighted by Gasteiger charge is -2.17. The molecular formula is C14H21F3N4O2S. The summed E-state index contributed by atoms with van der Waals surface area (Å²) in [6.07, 6.45) is -4.14. The van der Waals surface area contributed by atoms with Crippen molar-refractivity contribution >= 4 is 23.2 Å². The summed E-state index contributed by atoms with van der Waals surface area (Å²) in [7, 11) is 0. The topological polar surface area (TPSA) is 97.1 Å². The van der Waals surface area contributed by atoms with Gasteiger partial charge in [0.1, 0.15) is 5.01 Å². The maximum atomic E-state index is 12.6. The highest BCUT2D eigenvalue weighted by Crippen LogP contribution is 2.32. The molecule has 0 saturated carbocycles. The molecule has 2 atom stereocenters. The molecular weight excluding hydrogens is 345 g/mol. The molecule has 1 heterocycles. The lowest BCUT2D eigenvalue weighted by molar-refractivity contribution is -0.140. The zero-order valence-corrected chi connectivity index (χ0v) is 14.4. The van der Waals surface area contributed by atoms with E-state index in [1.54, 1.807) is 20.8 Å². The number of rotatable bonds is 7. The lowest BCUT2D eigenvalue weighted by Crippen LogP contribution is -2.47. The van der Waals surface area contributed by atoms with Crippen molar-refractivity contribution in [3.63, 3.8) is 0 Å². The van der Waals surface area contributed by atoms with Crippen LogP contribution in [0.25, 0.3) is 0 Å². The van der Waals surface area contributed by atoms with E-state index in [2.05, 4.69) is 15.6 Å². The minimum Gasteiger partial charge on any atom is -0.346 e. The SMILES string of the molecule is CCC(NC(=O)CNC(=O)[C@@H](N)C(C)C)c1nc(C(F)(F)F)cs1. The first-order chi connectivity index (χ1) is 11.1. The van der Waals surface area contributed by atoms with Gasteiger partial charge in [0.15, 0.2) is 5.69 Å². The van der Waals surface area contributed by atoms with Gasteiger partial charge < -0.3 is 16.4 Å². The third kappa shape index (κ3) is 5.75. The highest BCUT2D eigenvalue weighted by Gasteiger charge is 2.34. The zero-order valence-electron chi connectivity index (χ0n) is 13.6. The van der Waals surface area contributed by atoms with Crippen molar-refractivity contribution in [2.45, 2.75) is 45.5 Å². The average Bonchev–Trinajstić information content (AvgIpc) is 2.99. The van der Waals surface area contributed by atoms with E-state index in [0.717, 1.165) is 16.7 Å². The van der Waals surface area contributed by atoms with Crippen LogP contribution < -0.4 is 16.4 Å². The molecule has 1 aromatic heterocycles. The average molecular weight is 366 g/mol. The predicted octanol–water partition coefficient (Wildman–Crippen LogP) is 1.83. The molecule has 4 N–H and O–H groups in total. The fraction of sp³-hybridized carbons (Fsp3) is 0.643. The summed E-state index contributed by atoms with van der Waals surface area (Å²) in [5, 5.41) is 6.04. The van der Waals surface area contributed by atoms with Gasteiger partial charge >= 0.3 is 6.18 Å². The summed E-state index contributed by atoms with van der Waals surface area (Å²) in [6.45, 7) is 4.97. The summed E-state index contributed by atoms with van der Waals surface area (Å²) in [5.41, 5.74) is 4.67. The van der Waals surface area contributed by atoms with Gasteiger partial charge in [0.2, 0.25) is 11.8 Å². The molecule has 136 valence electrons. The van der Waals surface area contributed by atoms with Crippen LogP contribution >= 0.6 is 11.3 Å². The zero-order chi connectivity index (χ0) is 18.5. The van der Waals surface area contributed by atoms with Gasteiger partial charge in [0.05, 0.1) is 18.6 Å². The normalized spacial score (nSPS) is 14.3. The molecule has 0 aliphatic heterocycles. The Kier molecular flexibility index (Phi) is 7.15. The van der Waals surface area contributed by atoms with Crippen LogP contribution in [0.15, 0.2) is 5.38 Å². The van der Waals surface area contributed by atoms with E-state index in [9.17, 15) is 22.8 Å². The maximum absolute atomic E-state index is 12.6. The van der Waals surface area contributed by atoms with Crippen molar-refractivity contribution < 1.29 is 22.8 Å². The number of aromatic nitrogens is 1. The van der Waals surface area contributed by atoms with Gasteiger partial charge in [-0.25, -0.2) is 4.98 Å². The van der Waals surface area contributed by atoms with Crippen LogP contribution in [-0.4, -0.2) is 29.4 Å². The minimum absolute atomic E-state index is 0.0763. The summed E-state index contributed by atoms with van der Waals surface area (Å²) in [5.74, 6) is -1.05. The molecule has 10 heteroatoms. The van der Waals surface area contributed by atoms with Crippen LogP contribution in [0.4, 0.5) is 13.2 Å². The molecule has 0 bridgehead atoms. The van der Waals surface area contributed by atoms with E-state index in [1.807, 2.05) is 0 Å². The van der Waals surface area contributed by atoms with E-state index in [1.165, 1.54) is 0 Å². The molecule has 2 amide bonds. The molecule has 1 aromatic rings. The molecule has 1 unspecified atom stereocenters. The number of carbonyl (C=O) groups is 2. The molecule has 0 aliphatic rings. The third-order valence-electron chi connectivity index (χ3n) is 3.30. The van der Waals surface area contributed by atoms with Gasteiger partial charge in [0, 0.05) is 5.38 Å². The quantitative estimate of drug-likeness (QED) is 0.686. The Morgan fingerprint density at radius 3 is 2.46 bits per heavy atom. The second kappa shape index (κ2) is 8.43. The van der Waals surface area contributed by atoms with Crippen LogP contribution in [-0.2, 0) is 15.8 Å². The van der Waals surface area contributed by atoms with Gasteiger partial charge in [-0.05, 0) is 12.3 Å². The Hall–Kier alpha value is -1.68. The fourth-order valence-corrected chi connectivity index (χ4v) is 2.71. The number of hydrogen-bond donors (Lipinski definition) is 3. The number of amides is 2. The van der Waals surface area contributed by atoms with Crippen molar-refractivity contribution in [3.05, 3.63) is 16.1 Å². The molecule has 0 aromatic carbocycles. The van der Waals surface area contributed by atoms with Crippen LogP contribution in [0.5, 0.6) is 0 Å². The van der Waals surface area contributed by atoms with Crippen molar-refractivity contribution in [1.29, 1.82) is 0 Å². The summed E-state index contributed by atoms with van der Waals surface area (Å²) in [4.78, 5) is 27.1. The molecule has 24 heavy (non-hydrogen) atoms. The first-order valence-electron chi connectivity index (χ1n) is 7.41. The van der Waals surface area contributed by atoms with Crippen molar-refractivity contribution in [1.82, 2.24) is 15.6 Å². The smallest absolute Gasteiger partial charge is 0.346 e. The van der Waals surface area contributed by atoms with Crippen molar-refractivity contribution in [3.8, 4) is 0 Å². The predicted molar refractivity (Wildman–Crippen MR) is 84.1 cm³/mol. The molecule has 0 aliphatic carbocycles. The summed E-state index contributed by atoms with van der Waals surface area (Å²) >= 11 is 0.831. The van der Waals surface area contributed by atoms with E-state index in [-0.39, 0.29) is 17.5 Å². The summed E-state index contributed by atoms with van der Waals surface area (Å²) in [6, 6.07) is -1.37. The van der Waals surface area contributed by atoms with E-state index in [0.29, 0.717) is 6.42 Å². The van der Waals surface area contributed by atoms with Gasteiger partial charge in [-0.15, -0.1) is 11.3 Å². The van der Waals surface area contributed by atoms with Crippen LogP contribution in [0, 0.1) is 5.92 Å². The van der Waals surface area contributed by atoms with Gasteiger partial charge in [-0.2, -0.15) is 13.2 Å². The minimum atomic E-state index is -4.52. The summed E-state index contributed by atoms with van der Waals surface area (Å²) < 4.78 is 37.7. The number of alkyl halides is 3. The van der Waals surface area contributed by atoms with Crippen molar-refractivity contribution in [2.75, 3.05) is 6.54 Å². The second-order valence-electron chi connectivity index (χ2n) is 5.58. The Labute approximate surface area is 142 Å². The number of halogens is 3. The van der Waals surface area contributed by atoms with Gasteiger partial charge in [-0.1, -0.05) is 20.8 Å². The number of thiazole rings is 1. The van der Waals surface area contributed by atoms with E-state index >= 15 is 0 Å². The first-order valence-corrected chi connectivity index (χ1v) is 8.29. The first kappa shape index (κ1) is 20.4. The Morgan fingerprint density at radius 1 is 1.38 bits per heavy atom. The largest absolute Gasteiger partial charge is 0.434 e. The number of nitrogens with one attached hydrogen (secondary N) is 2. The molecule has 6 nitrogen and oxygen atoms in total. The number of nitrogens with two attached hydrogens (primary N) is 1. The second-order valence-corrected chi connectivity index (χ2v) is 6.47. The maximum Gasteiger partial charge on any atom is 0.434 e. The number of nitrogens with zero attached hydrogens (tertiary/aromatic N) is 1. The molecule has 0 radical (unpaired) electrons. The van der Waals surface area contributed by atoms with Crippen LogP contribution in [0.2, 0.25) is 0 Å². The third-order valence-corrected chi connectivity index (χ3v) is 4.26. The number of hydrogen-bond acceptors (Lipinski definition) is 5. The molecule has 0 saturated heterocycles. The molecule has 1 rings (SSSR count). The van der Waals surface area contributed by atoms with Gasteiger partial charge in [0.25, 0.3) is 0 Å². The molecule has 0 spiro atoms.